The molecule has 35 heavy (non-hydrogen) atoms. The number of hydrogen-bond acceptors (Lipinski definition) is 4. The number of carbonyl (C=O) groups is 1. The summed E-state index contributed by atoms with van der Waals surface area (Å²) in [6.07, 6.45) is -8.29. The minimum atomic E-state index is -6.24. The number of halogens is 9. The first kappa shape index (κ1) is 27.3. The van der Waals surface area contributed by atoms with Gasteiger partial charge in [0.1, 0.15) is 0 Å². The standard InChI is InChI=1S/C21H13BrClF7N2O2S/c1-34-18(33)13-5-10(3-4-15(13)23)11-8-31-32(9-11)17-14(22)6-12(7-16(17)35-2)19(24,20(25,26)27)21(28,29)30/h3-9H,1-2H3. The number of esters is 1. The van der Waals surface area contributed by atoms with Gasteiger partial charge in [0, 0.05) is 26.7 Å². The van der Waals surface area contributed by atoms with Crippen LogP contribution in [0.1, 0.15) is 15.9 Å². The predicted molar refractivity (Wildman–Crippen MR) is 120 cm³/mol. The Bertz CT molecular complexity index is 1260. The lowest BCUT2D eigenvalue weighted by Gasteiger charge is -2.31. The van der Waals surface area contributed by atoms with Gasteiger partial charge in [-0.05, 0) is 52.0 Å². The molecule has 0 spiro atoms. The summed E-state index contributed by atoms with van der Waals surface area (Å²) in [5.41, 5.74) is -6.11. The first-order valence-electron chi connectivity index (χ1n) is 9.29. The zero-order valence-corrected chi connectivity index (χ0v) is 20.7. The van der Waals surface area contributed by atoms with Crippen molar-refractivity contribution in [3.8, 4) is 16.8 Å². The third-order valence-electron chi connectivity index (χ3n) is 4.94. The fourth-order valence-electron chi connectivity index (χ4n) is 3.20. The summed E-state index contributed by atoms with van der Waals surface area (Å²) in [6, 6.07) is 5.38. The molecule has 1 heterocycles. The molecule has 0 radical (unpaired) electrons. The van der Waals surface area contributed by atoms with E-state index < -0.39 is 29.6 Å². The molecule has 14 heteroatoms. The molecule has 0 amide bonds. The third-order valence-corrected chi connectivity index (χ3v) is 6.63. The monoisotopic (exact) mass is 604 g/mol. The third kappa shape index (κ3) is 4.90. The van der Waals surface area contributed by atoms with Gasteiger partial charge in [-0.2, -0.15) is 31.4 Å². The van der Waals surface area contributed by atoms with Gasteiger partial charge in [0.25, 0.3) is 0 Å². The topological polar surface area (TPSA) is 44.1 Å². The smallest absolute Gasteiger partial charge is 0.435 e. The number of carbonyl (C=O) groups excluding carboxylic acids is 1. The number of alkyl halides is 7. The van der Waals surface area contributed by atoms with Crippen molar-refractivity contribution in [3.63, 3.8) is 0 Å². The van der Waals surface area contributed by atoms with Gasteiger partial charge < -0.3 is 4.74 Å². The van der Waals surface area contributed by atoms with Crippen LogP contribution in [0.3, 0.4) is 0 Å². The Kier molecular flexibility index (Phi) is 7.55. The molecule has 0 N–H and O–H groups in total. The zero-order valence-electron chi connectivity index (χ0n) is 17.6. The Morgan fingerprint density at radius 3 is 2.23 bits per heavy atom. The average Bonchev–Trinajstić information content (AvgIpc) is 3.25. The molecule has 0 saturated carbocycles. The van der Waals surface area contributed by atoms with E-state index >= 15 is 0 Å². The van der Waals surface area contributed by atoms with E-state index in [9.17, 15) is 35.5 Å². The maximum Gasteiger partial charge on any atom is 0.435 e. The molecule has 0 aliphatic rings. The van der Waals surface area contributed by atoms with E-state index in [1.165, 1.54) is 42.6 Å². The molecule has 0 unspecified atom stereocenters. The largest absolute Gasteiger partial charge is 0.465 e. The normalized spacial score (nSPS) is 12.7. The molecule has 2 aromatic carbocycles. The highest BCUT2D eigenvalue weighted by atomic mass is 79.9. The van der Waals surface area contributed by atoms with Gasteiger partial charge in [0.2, 0.25) is 0 Å². The van der Waals surface area contributed by atoms with Crippen LogP contribution in [0.25, 0.3) is 16.8 Å². The quantitative estimate of drug-likeness (QED) is 0.170. The second kappa shape index (κ2) is 9.66. The molecule has 0 fully saturated rings. The lowest BCUT2D eigenvalue weighted by atomic mass is 9.94. The van der Waals surface area contributed by atoms with Crippen LogP contribution in [0.2, 0.25) is 5.02 Å². The molecular weight excluding hydrogens is 593 g/mol. The zero-order chi connectivity index (χ0) is 26.3. The van der Waals surface area contributed by atoms with E-state index in [1.54, 1.807) is 6.07 Å². The Morgan fingerprint density at radius 1 is 1.06 bits per heavy atom. The van der Waals surface area contributed by atoms with Crippen molar-refractivity contribution in [2.24, 2.45) is 0 Å². The van der Waals surface area contributed by atoms with E-state index in [0.29, 0.717) is 23.3 Å². The summed E-state index contributed by atoms with van der Waals surface area (Å²) in [4.78, 5) is 11.8. The summed E-state index contributed by atoms with van der Waals surface area (Å²) in [5, 5.41) is 4.26. The lowest BCUT2D eigenvalue weighted by molar-refractivity contribution is -0.348. The minimum Gasteiger partial charge on any atom is -0.465 e. The molecule has 0 aliphatic heterocycles. The van der Waals surface area contributed by atoms with E-state index in [1.807, 2.05) is 0 Å². The molecule has 0 saturated heterocycles. The van der Waals surface area contributed by atoms with Gasteiger partial charge in [-0.1, -0.05) is 17.7 Å². The maximum atomic E-state index is 14.6. The number of methoxy groups -OCH3 is 1. The number of ether oxygens (including phenoxy) is 1. The maximum absolute atomic E-state index is 14.6. The van der Waals surface area contributed by atoms with Gasteiger partial charge in [-0.15, -0.1) is 11.8 Å². The summed E-state index contributed by atoms with van der Waals surface area (Å²) in [6.45, 7) is 0. The first-order valence-corrected chi connectivity index (χ1v) is 11.7. The van der Waals surface area contributed by atoms with Crippen LogP contribution in [0.15, 0.2) is 52.1 Å². The highest BCUT2D eigenvalue weighted by Gasteiger charge is 2.73. The van der Waals surface area contributed by atoms with Crippen molar-refractivity contribution in [1.29, 1.82) is 0 Å². The Labute approximate surface area is 211 Å². The predicted octanol–water partition coefficient (Wildman–Crippen LogP) is 7.75. The molecule has 3 aromatic rings. The van der Waals surface area contributed by atoms with Crippen LogP contribution in [0.5, 0.6) is 0 Å². The Hall–Kier alpha value is -2.25. The average molecular weight is 606 g/mol. The van der Waals surface area contributed by atoms with Crippen LogP contribution in [-0.4, -0.2) is 41.5 Å². The van der Waals surface area contributed by atoms with Crippen molar-refractivity contribution in [2.75, 3.05) is 13.4 Å². The number of benzene rings is 2. The van der Waals surface area contributed by atoms with Gasteiger partial charge in [0.15, 0.2) is 0 Å². The summed E-state index contributed by atoms with van der Waals surface area (Å²) in [7, 11) is 1.18. The SMILES string of the molecule is COC(=O)c1cc(-c2cnn(-c3c(Br)cc(C(F)(C(F)(F)F)C(F)(F)F)cc3SC)c2)ccc1Cl. The van der Waals surface area contributed by atoms with E-state index in [0.717, 1.165) is 11.8 Å². The summed E-state index contributed by atoms with van der Waals surface area (Å²) >= 11 is 9.78. The summed E-state index contributed by atoms with van der Waals surface area (Å²) in [5.74, 6) is -0.684. The Balaban J connectivity index is 2.13. The number of hydrogen-bond donors (Lipinski definition) is 0. The van der Waals surface area contributed by atoms with Crippen molar-refractivity contribution in [2.45, 2.75) is 22.9 Å². The van der Waals surface area contributed by atoms with E-state index in [4.69, 9.17) is 11.6 Å². The molecule has 4 nitrogen and oxygen atoms in total. The van der Waals surface area contributed by atoms with Crippen molar-refractivity contribution >= 4 is 45.3 Å². The van der Waals surface area contributed by atoms with Gasteiger partial charge in [-0.3, -0.25) is 0 Å². The van der Waals surface area contributed by atoms with Gasteiger partial charge in [0.05, 0.1) is 29.6 Å². The van der Waals surface area contributed by atoms with Crippen LogP contribution >= 0.6 is 39.3 Å². The number of aromatic nitrogens is 2. The highest BCUT2D eigenvalue weighted by Crippen LogP contribution is 2.54. The van der Waals surface area contributed by atoms with Crippen molar-refractivity contribution < 1.29 is 40.3 Å². The van der Waals surface area contributed by atoms with Crippen molar-refractivity contribution in [3.05, 3.63) is 63.3 Å². The molecule has 0 aliphatic carbocycles. The molecule has 1 aromatic heterocycles. The van der Waals surface area contributed by atoms with Gasteiger partial charge in [-0.25, -0.2) is 13.9 Å². The van der Waals surface area contributed by atoms with Crippen LogP contribution in [-0.2, 0) is 10.4 Å². The summed E-state index contributed by atoms with van der Waals surface area (Å²) < 4.78 is 99.6. The molecule has 188 valence electrons. The van der Waals surface area contributed by atoms with Crippen LogP contribution in [0.4, 0.5) is 30.7 Å². The van der Waals surface area contributed by atoms with E-state index in [2.05, 4.69) is 25.8 Å². The first-order chi connectivity index (χ1) is 16.2. The van der Waals surface area contributed by atoms with Crippen molar-refractivity contribution in [1.82, 2.24) is 9.78 Å². The molecule has 3 rings (SSSR count). The van der Waals surface area contributed by atoms with Crippen LogP contribution < -0.4 is 0 Å². The highest BCUT2D eigenvalue weighted by molar-refractivity contribution is 9.10. The number of thioether (sulfide) groups is 1. The number of nitrogens with zero attached hydrogens (tertiary/aromatic N) is 2. The fourth-order valence-corrected chi connectivity index (χ4v) is 4.81. The molecule has 0 atom stereocenters. The number of rotatable bonds is 5. The van der Waals surface area contributed by atoms with E-state index in [-0.39, 0.29) is 25.6 Å². The minimum absolute atomic E-state index is 0.0772. The van der Waals surface area contributed by atoms with Crippen LogP contribution in [0, 0.1) is 0 Å². The second-order valence-corrected chi connectivity index (χ2v) is 9.13. The Morgan fingerprint density at radius 2 is 1.69 bits per heavy atom. The molecule has 0 bridgehead atoms. The lowest BCUT2D eigenvalue weighted by Crippen LogP contribution is -2.50. The second-order valence-electron chi connectivity index (χ2n) is 7.02. The fraction of sp³-hybridized carbons (Fsp3) is 0.238. The molecular formula is C21H13BrClF7N2O2S. The van der Waals surface area contributed by atoms with Gasteiger partial charge >= 0.3 is 24.0 Å².